The summed E-state index contributed by atoms with van der Waals surface area (Å²) < 4.78 is 1.66. The summed E-state index contributed by atoms with van der Waals surface area (Å²) in [6.45, 7) is 6.63. The Hall–Kier alpha value is -3.74. The van der Waals surface area contributed by atoms with E-state index in [2.05, 4.69) is 40.8 Å². The van der Waals surface area contributed by atoms with E-state index in [0.717, 1.165) is 23.5 Å². The highest BCUT2D eigenvalue weighted by Crippen LogP contribution is 2.31. The molecule has 0 spiro atoms. The minimum Gasteiger partial charge on any atom is -0.337 e. The monoisotopic (exact) mass is 466 g/mol. The van der Waals surface area contributed by atoms with Gasteiger partial charge in [0.25, 0.3) is 11.8 Å². The Morgan fingerprint density at radius 2 is 1.94 bits per heavy atom. The summed E-state index contributed by atoms with van der Waals surface area (Å²) >= 11 is 1.45. The number of nitrogens with zero attached hydrogens (tertiary/aromatic N) is 8. The number of fused-ring (bicyclic) bond motifs is 1. The molecule has 0 radical (unpaired) electrons. The molecule has 12 nitrogen and oxygen atoms in total. The van der Waals surface area contributed by atoms with Crippen LogP contribution in [0.2, 0.25) is 0 Å². The maximum Gasteiger partial charge on any atom is 0.277 e. The van der Waals surface area contributed by atoms with Gasteiger partial charge in [-0.15, -0.1) is 26.6 Å². The highest BCUT2D eigenvalue weighted by atomic mass is 32.1. The number of carbonyl (C=O) groups is 2. The van der Waals surface area contributed by atoms with Crippen molar-refractivity contribution in [2.45, 2.75) is 39.5 Å². The van der Waals surface area contributed by atoms with Crippen molar-refractivity contribution < 1.29 is 9.59 Å². The molecule has 2 N–H and O–H groups in total. The zero-order valence-electron chi connectivity index (χ0n) is 18.4. The number of aryl methyl sites for hydroxylation is 3. The minimum absolute atomic E-state index is 0.144. The van der Waals surface area contributed by atoms with Crippen LogP contribution in [0.1, 0.15) is 62.0 Å². The van der Waals surface area contributed by atoms with Crippen LogP contribution in [0.15, 0.2) is 11.4 Å². The van der Waals surface area contributed by atoms with Crippen LogP contribution in [-0.4, -0.2) is 69.8 Å². The highest BCUT2D eigenvalue weighted by molar-refractivity contribution is 7.10. The van der Waals surface area contributed by atoms with Crippen LogP contribution in [0.25, 0.3) is 5.65 Å². The smallest absolute Gasteiger partial charge is 0.277 e. The summed E-state index contributed by atoms with van der Waals surface area (Å²) in [5, 5.41) is 24.5. The first-order valence-corrected chi connectivity index (χ1v) is 11.4. The predicted molar refractivity (Wildman–Crippen MR) is 119 cm³/mol. The van der Waals surface area contributed by atoms with Gasteiger partial charge in [-0.25, -0.2) is 9.50 Å². The van der Waals surface area contributed by atoms with E-state index < -0.39 is 0 Å². The van der Waals surface area contributed by atoms with Crippen LogP contribution in [0, 0.1) is 20.8 Å². The number of hydrogen-bond donors (Lipinski definition) is 2. The first-order chi connectivity index (χ1) is 15.9. The summed E-state index contributed by atoms with van der Waals surface area (Å²) in [4.78, 5) is 35.9. The summed E-state index contributed by atoms with van der Waals surface area (Å²) in [6.07, 6.45) is 1.52. The van der Waals surface area contributed by atoms with Gasteiger partial charge in [-0.3, -0.25) is 20.0 Å². The molecule has 0 saturated carbocycles. The van der Waals surface area contributed by atoms with Crippen molar-refractivity contribution in [2.24, 2.45) is 0 Å². The fraction of sp³-hybridized carbons (Fsp3) is 0.400. The van der Waals surface area contributed by atoms with Crippen molar-refractivity contribution in [1.29, 1.82) is 0 Å². The molecule has 1 aliphatic rings. The fourth-order valence-corrected chi connectivity index (χ4v) is 4.87. The Labute approximate surface area is 192 Å². The molecule has 5 rings (SSSR count). The van der Waals surface area contributed by atoms with Gasteiger partial charge in [0.15, 0.2) is 11.3 Å². The Balaban J connectivity index is 1.23. The molecule has 0 atom stereocenters. The van der Waals surface area contributed by atoms with Crippen LogP contribution >= 0.6 is 11.3 Å². The summed E-state index contributed by atoms with van der Waals surface area (Å²) in [5.41, 5.74) is 2.79. The molecule has 0 bridgehead atoms. The van der Waals surface area contributed by atoms with Crippen molar-refractivity contribution in [3.8, 4) is 0 Å². The van der Waals surface area contributed by atoms with E-state index in [1.807, 2.05) is 19.9 Å². The van der Waals surface area contributed by atoms with Crippen molar-refractivity contribution >= 4 is 34.7 Å². The quantitative estimate of drug-likeness (QED) is 0.463. The van der Waals surface area contributed by atoms with Gasteiger partial charge in [0.05, 0.1) is 16.4 Å². The van der Waals surface area contributed by atoms with Gasteiger partial charge in [-0.2, -0.15) is 10.1 Å². The van der Waals surface area contributed by atoms with Gasteiger partial charge < -0.3 is 4.90 Å². The molecule has 1 saturated heterocycles. The lowest BCUT2D eigenvalue weighted by atomic mass is 9.97. The second kappa shape index (κ2) is 8.31. The van der Waals surface area contributed by atoms with E-state index >= 15 is 0 Å². The van der Waals surface area contributed by atoms with Gasteiger partial charge in [-0.1, -0.05) is 0 Å². The van der Waals surface area contributed by atoms with Gasteiger partial charge in [0.2, 0.25) is 5.95 Å². The van der Waals surface area contributed by atoms with E-state index in [0.29, 0.717) is 41.6 Å². The third-order valence-electron chi connectivity index (χ3n) is 5.64. The third kappa shape index (κ3) is 4.06. The number of likely N-dealkylation sites (tertiary alicyclic amines) is 1. The zero-order chi connectivity index (χ0) is 23.1. The lowest BCUT2D eigenvalue weighted by Crippen LogP contribution is -2.39. The summed E-state index contributed by atoms with van der Waals surface area (Å²) in [5.74, 6) is 0.541. The number of hydrogen-bond acceptors (Lipinski definition) is 9. The van der Waals surface area contributed by atoms with Crippen molar-refractivity contribution in [3.05, 3.63) is 45.1 Å². The maximum absolute atomic E-state index is 13.1. The molecule has 4 aromatic heterocycles. The molecule has 0 aliphatic carbocycles. The molecule has 33 heavy (non-hydrogen) atoms. The molecular formula is C20H22N10O2S. The molecule has 0 aromatic carbocycles. The summed E-state index contributed by atoms with van der Waals surface area (Å²) in [6, 6.07) is 1.83. The lowest BCUT2D eigenvalue weighted by molar-refractivity contribution is 0.0704. The predicted octanol–water partition coefficient (Wildman–Crippen LogP) is 1.90. The van der Waals surface area contributed by atoms with Crippen molar-refractivity contribution in [2.75, 3.05) is 18.4 Å². The Morgan fingerprint density at radius 3 is 2.67 bits per heavy atom. The van der Waals surface area contributed by atoms with Crippen LogP contribution in [0.5, 0.6) is 0 Å². The minimum atomic E-state index is -0.345. The topological polar surface area (TPSA) is 147 Å². The van der Waals surface area contributed by atoms with E-state index in [4.69, 9.17) is 0 Å². The van der Waals surface area contributed by atoms with Gasteiger partial charge in [-0.05, 0) is 33.6 Å². The van der Waals surface area contributed by atoms with Crippen molar-refractivity contribution in [3.63, 3.8) is 0 Å². The number of piperidine rings is 1. The largest absolute Gasteiger partial charge is 0.337 e. The Morgan fingerprint density at radius 1 is 1.15 bits per heavy atom. The normalized spacial score (nSPS) is 14.7. The Bertz CT molecular complexity index is 1350. The fourth-order valence-electron chi connectivity index (χ4n) is 3.90. The van der Waals surface area contributed by atoms with Gasteiger partial charge >= 0.3 is 0 Å². The molecule has 5 heterocycles. The Kier molecular flexibility index (Phi) is 5.32. The number of rotatable bonds is 4. The number of aromatic nitrogens is 8. The number of nitrogens with one attached hydrogen (secondary N) is 2. The van der Waals surface area contributed by atoms with Gasteiger partial charge in [0, 0.05) is 30.5 Å². The van der Waals surface area contributed by atoms with Crippen molar-refractivity contribution in [1.82, 2.24) is 44.9 Å². The highest BCUT2D eigenvalue weighted by Gasteiger charge is 2.29. The maximum atomic E-state index is 13.1. The average Bonchev–Trinajstić information content (AvgIpc) is 3.53. The average molecular weight is 467 g/mol. The second-order valence-electron chi connectivity index (χ2n) is 8.03. The standard InChI is InChI=1S/C20H22N10O2S/c1-10-8-15-25-26-16(11(2)30(15)28-10)19(32)29-6-4-13(5-7-29)18-22-14(9-33-18)17(31)23-20-21-12(3)24-27-20/h8-9,13H,4-7H2,1-3H3,(H2,21,23,24,27,31). The first-order valence-electron chi connectivity index (χ1n) is 10.5. The number of H-pyrrole nitrogens is 1. The second-order valence-corrected chi connectivity index (χ2v) is 8.92. The number of anilines is 1. The molecule has 0 unspecified atom stereocenters. The van der Waals surface area contributed by atoms with Crippen LogP contribution in [-0.2, 0) is 0 Å². The molecule has 4 aromatic rings. The van der Waals surface area contributed by atoms with E-state index in [9.17, 15) is 9.59 Å². The number of aromatic amines is 1. The lowest BCUT2D eigenvalue weighted by Gasteiger charge is -2.31. The third-order valence-corrected chi connectivity index (χ3v) is 6.64. The molecule has 2 amide bonds. The first kappa shape index (κ1) is 21.1. The molecule has 1 fully saturated rings. The molecule has 1 aliphatic heterocycles. The number of amides is 2. The van der Waals surface area contributed by atoms with E-state index in [1.54, 1.807) is 21.7 Å². The zero-order valence-corrected chi connectivity index (χ0v) is 19.2. The molecule has 170 valence electrons. The SMILES string of the molecule is Cc1cc2nnc(C(=O)N3CCC(c4nc(C(=O)Nc5n[nH]c(C)n5)cs4)CC3)c(C)n2n1. The van der Waals surface area contributed by atoms with Crippen LogP contribution in [0.3, 0.4) is 0 Å². The number of carbonyl (C=O) groups excluding carboxylic acids is 2. The molecular weight excluding hydrogens is 444 g/mol. The van der Waals surface area contributed by atoms with Crippen LogP contribution in [0.4, 0.5) is 5.95 Å². The van der Waals surface area contributed by atoms with E-state index in [1.165, 1.54) is 11.3 Å². The van der Waals surface area contributed by atoms with Crippen LogP contribution < -0.4 is 5.32 Å². The van der Waals surface area contributed by atoms with E-state index in [-0.39, 0.29) is 23.7 Å². The van der Waals surface area contributed by atoms with Gasteiger partial charge in [0.1, 0.15) is 11.5 Å². The summed E-state index contributed by atoms with van der Waals surface area (Å²) in [7, 11) is 0. The molecule has 13 heteroatoms. The number of thiazole rings is 1.